The first kappa shape index (κ1) is 9.62. The Morgan fingerprint density at radius 2 is 2.29 bits per heavy atom. The molecule has 0 radical (unpaired) electrons. The molecule has 1 aromatic heterocycles. The number of ether oxygens (including phenoxy) is 1. The van der Waals surface area contributed by atoms with Gasteiger partial charge in [-0.05, 0) is 25.5 Å². The number of hydrogen-bond acceptors (Lipinski definition) is 3. The summed E-state index contributed by atoms with van der Waals surface area (Å²) < 4.78 is 5.43. The zero-order valence-corrected chi connectivity index (χ0v) is 8.71. The topological polar surface area (TPSA) is 34.1 Å². The summed E-state index contributed by atoms with van der Waals surface area (Å²) in [4.78, 5) is 4.45. The maximum absolute atomic E-state index is 5.43. The maximum atomic E-state index is 5.43. The molecular weight excluding hydrogens is 176 g/mol. The molecular formula is C11H16N2O. The number of pyridine rings is 1. The van der Waals surface area contributed by atoms with Gasteiger partial charge in [0.2, 0.25) is 0 Å². The molecule has 3 nitrogen and oxygen atoms in total. The van der Waals surface area contributed by atoms with Crippen LogP contribution in [0.1, 0.15) is 23.0 Å². The van der Waals surface area contributed by atoms with Crippen LogP contribution in [0.25, 0.3) is 0 Å². The Morgan fingerprint density at radius 1 is 1.43 bits per heavy atom. The molecule has 0 amide bonds. The summed E-state index contributed by atoms with van der Waals surface area (Å²) in [6.07, 6.45) is 0. The lowest BCUT2D eigenvalue weighted by molar-refractivity contribution is 0.0765. The zero-order valence-electron chi connectivity index (χ0n) is 8.71. The van der Waals surface area contributed by atoms with Gasteiger partial charge in [0.05, 0.1) is 19.3 Å². The van der Waals surface area contributed by atoms with E-state index in [2.05, 4.69) is 29.4 Å². The number of rotatable bonds is 1. The van der Waals surface area contributed by atoms with Gasteiger partial charge in [-0.2, -0.15) is 0 Å². The molecule has 2 heterocycles. The standard InChI is InChI=1S/C11H16N2O/c1-8-3-4-10(9(2)13-8)11-7-14-6-5-12-11/h3-4,11-12H,5-7H2,1-2H3. The molecule has 1 aliphatic heterocycles. The van der Waals surface area contributed by atoms with Crippen LogP contribution in [0.15, 0.2) is 12.1 Å². The van der Waals surface area contributed by atoms with E-state index in [1.54, 1.807) is 0 Å². The average Bonchev–Trinajstić information content (AvgIpc) is 2.19. The predicted molar refractivity (Wildman–Crippen MR) is 55.3 cm³/mol. The van der Waals surface area contributed by atoms with Crippen LogP contribution in [-0.2, 0) is 4.74 Å². The van der Waals surface area contributed by atoms with E-state index in [-0.39, 0.29) is 0 Å². The van der Waals surface area contributed by atoms with E-state index in [1.165, 1.54) is 5.56 Å². The lowest BCUT2D eigenvalue weighted by Gasteiger charge is -2.25. The van der Waals surface area contributed by atoms with Crippen molar-refractivity contribution in [2.75, 3.05) is 19.8 Å². The Labute approximate surface area is 84.5 Å². The molecule has 76 valence electrons. The minimum Gasteiger partial charge on any atom is -0.378 e. The Kier molecular flexibility index (Phi) is 2.79. The van der Waals surface area contributed by atoms with Gasteiger partial charge in [-0.25, -0.2) is 0 Å². The number of aryl methyl sites for hydroxylation is 2. The summed E-state index contributed by atoms with van der Waals surface area (Å²) in [5, 5.41) is 3.43. The molecule has 1 aliphatic rings. The first-order valence-electron chi connectivity index (χ1n) is 5.02. The van der Waals surface area contributed by atoms with Crippen molar-refractivity contribution in [3.63, 3.8) is 0 Å². The Hall–Kier alpha value is -0.930. The van der Waals surface area contributed by atoms with Crippen LogP contribution in [0.4, 0.5) is 0 Å². The van der Waals surface area contributed by atoms with E-state index in [0.29, 0.717) is 6.04 Å². The Bertz CT molecular complexity index is 319. The summed E-state index contributed by atoms with van der Waals surface area (Å²) in [7, 11) is 0. The molecule has 1 atom stereocenters. The van der Waals surface area contributed by atoms with E-state index in [4.69, 9.17) is 4.74 Å². The SMILES string of the molecule is Cc1ccc(C2COCCN2)c(C)n1. The monoisotopic (exact) mass is 192 g/mol. The highest BCUT2D eigenvalue weighted by Gasteiger charge is 2.17. The van der Waals surface area contributed by atoms with Gasteiger partial charge >= 0.3 is 0 Å². The molecule has 0 aliphatic carbocycles. The van der Waals surface area contributed by atoms with Crippen LogP contribution in [0.2, 0.25) is 0 Å². The van der Waals surface area contributed by atoms with Gasteiger partial charge in [0.1, 0.15) is 0 Å². The lowest BCUT2D eigenvalue weighted by atomic mass is 10.1. The fraction of sp³-hybridized carbons (Fsp3) is 0.545. The number of nitrogens with zero attached hydrogens (tertiary/aromatic N) is 1. The van der Waals surface area contributed by atoms with Crippen molar-refractivity contribution >= 4 is 0 Å². The van der Waals surface area contributed by atoms with Gasteiger partial charge in [-0.3, -0.25) is 4.98 Å². The molecule has 1 N–H and O–H groups in total. The molecule has 0 aromatic carbocycles. The van der Waals surface area contributed by atoms with Gasteiger partial charge in [-0.15, -0.1) is 0 Å². The van der Waals surface area contributed by atoms with Crippen LogP contribution in [0.3, 0.4) is 0 Å². The number of aromatic nitrogens is 1. The van der Waals surface area contributed by atoms with Gasteiger partial charge in [0, 0.05) is 17.9 Å². The summed E-state index contributed by atoms with van der Waals surface area (Å²) in [6.45, 7) is 6.57. The molecule has 2 rings (SSSR count). The fourth-order valence-electron chi connectivity index (χ4n) is 1.83. The van der Waals surface area contributed by atoms with E-state index in [0.717, 1.165) is 31.1 Å². The molecule has 0 saturated carbocycles. The minimum absolute atomic E-state index is 0.317. The third-order valence-corrected chi connectivity index (χ3v) is 2.56. The number of morpholine rings is 1. The number of nitrogens with one attached hydrogen (secondary N) is 1. The Morgan fingerprint density at radius 3 is 2.93 bits per heavy atom. The highest BCUT2D eigenvalue weighted by Crippen LogP contribution is 2.18. The van der Waals surface area contributed by atoms with Crippen LogP contribution < -0.4 is 5.32 Å². The normalized spacial score (nSPS) is 22.3. The molecule has 1 fully saturated rings. The van der Waals surface area contributed by atoms with Crippen LogP contribution >= 0.6 is 0 Å². The van der Waals surface area contributed by atoms with Crippen molar-refractivity contribution < 1.29 is 4.74 Å². The molecule has 1 aromatic rings. The largest absolute Gasteiger partial charge is 0.378 e. The minimum atomic E-state index is 0.317. The van der Waals surface area contributed by atoms with Crippen molar-refractivity contribution in [1.82, 2.24) is 10.3 Å². The summed E-state index contributed by atoms with van der Waals surface area (Å²) in [5.41, 5.74) is 3.44. The molecule has 1 saturated heterocycles. The molecule has 14 heavy (non-hydrogen) atoms. The van der Waals surface area contributed by atoms with Crippen molar-refractivity contribution in [2.45, 2.75) is 19.9 Å². The quantitative estimate of drug-likeness (QED) is 0.729. The van der Waals surface area contributed by atoms with Gasteiger partial charge in [0.25, 0.3) is 0 Å². The fourth-order valence-corrected chi connectivity index (χ4v) is 1.83. The van der Waals surface area contributed by atoms with Gasteiger partial charge < -0.3 is 10.1 Å². The van der Waals surface area contributed by atoms with E-state index in [1.807, 2.05) is 6.92 Å². The van der Waals surface area contributed by atoms with E-state index in [9.17, 15) is 0 Å². The van der Waals surface area contributed by atoms with Crippen molar-refractivity contribution in [1.29, 1.82) is 0 Å². The lowest BCUT2D eigenvalue weighted by Crippen LogP contribution is -2.35. The Balaban J connectivity index is 2.22. The molecule has 1 unspecified atom stereocenters. The summed E-state index contributed by atoms with van der Waals surface area (Å²) >= 11 is 0. The highest BCUT2D eigenvalue weighted by atomic mass is 16.5. The second-order valence-electron chi connectivity index (χ2n) is 3.71. The smallest absolute Gasteiger partial charge is 0.0662 e. The van der Waals surface area contributed by atoms with E-state index < -0.39 is 0 Å². The summed E-state index contributed by atoms with van der Waals surface area (Å²) in [6, 6.07) is 4.51. The van der Waals surface area contributed by atoms with Crippen molar-refractivity contribution in [3.05, 3.63) is 29.1 Å². The maximum Gasteiger partial charge on any atom is 0.0662 e. The van der Waals surface area contributed by atoms with Crippen molar-refractivity contribution in [2.24, 2.45) is 0 Å². The van der Waals surface area contributed by atoms with E-state index >= 15 is 0 Å². The molecule has 0 spiro atoms. The third-order valence-electron chi connectivity index (χ3n) is 2.56. The highest BCUT2D eigenvalue weighted by molar-refractivity contribution is 5.25. The van der Waals surface area contributed by atoms with Crippen LogP contribution in [0, 0.1) is 13.8 Å². The first-order chi connectivity index (χ1) is 6.77. The predicted octanol–water partition coefficient (Wildman–Crippen LogP) is 1.36. The van der Waals surface area contributed by atoms with Gasteiger partial charge in [-0.1, -0.05) is 6.07 Å². The molecule has 0 bridgehead atoms. The summed E-state index contributed by atoms with van der Waals surface area (Å²) in [5.74, 6) is 0. The number of hydrogen-bond donors (Lipinski definition) is 1. The second-order valence-corrected chi connectivity index (χ2v) is 3.71. The van der Waals surface area contributed by atoms with Crippen LogP contribution in [0.5, 0.6) is 0 Å². The van der Waals surface area contributed by atoms with Crippen LogP contribution in [-0.4, -0.2) is 24.7 Å². The molecule has 3 heteroatoms. The second kappa shape index (κ2) is 4.07. The van der Waals surface area contributed by atoms with Gasteiger partial charge in [0.15, 0.2) is 0 Å². The zero-order chi connectivity index (χ0) is 9.97. The first-order valence-corrected chi connectivity index (χ1v) is 5.02. The van der Waals surface area contributed by atoms with Crippen molar-refractivity contribution in [3.8, 4) is 0 Å². The average molecular weight is 192 g/mol. The third kappa shape index (κ3) is 1.94.